The number of anilines is 1. The maximum atomic E-state index is 12.5. The Labute approximate surface area is 148 Å². The first-order valence-electron chi connectivity index (χ1n) is 7.77. The maximum Gasteiger partial charge on any atom is 0.253 e. The van der Waals surface area contributed by atoms with E-state index in [4.69, 9.17) is 4.74 Å². The van der Waals surface area contributed by atoms with E-state index in [9.17, 15) is 13.2 Å². The fraction of sp³-hybridized carbons (Fsp3) is 0.278. The van der Waals surface area contributed by atoms with Crippen molar-refractivity contribution in [2.45, 2.75) is 6.92 Å². The van der Waals surface area contributed by atoms with Crippen LogP contribution in [0.5, 0.6) is 5.75 Å². The Hall–Kier alpha value is -2.54. The molecule has 0 unspecified atom stereocenters. The number of carbonyl (C=O) groups excluding carboxylic acids is 1. The summed E-state index contributed by atoms with van der Waals surface area (Å²) in [5.74, 6) is 0.560. The number of hydrogen-bond acceptors (Lipinski definition) is 4. The van der Waals surface area contributed by atoms with Gasteiger partial charge in [0.2, 0.25) is 10.0 Å². The smallest absolute Gasteiger partial charge is 0.253 e. The van der Waals surface area contributed by atoms with E-state index in [0.717, 1.165) is 17.6 Å². The first-order valence-corrected chi connectivity index (χ1v) is 9.66. The lowest BCUT2D eigenvalue weighted by Gasteiger charge is -2.18. The molecule has 0 aromatic heterocycles. The molecule has 0 aliphatic heterocycles. The highest BCUT2D eigenvalue weighted by molar-refractivity contribution is 7.92. The summed E-state index contributed by atoms with van der Waals surface area (Å²) in [6.07, 6.45) is 1.07. The zero-order valence-electron chi connectivity index (χ0n) is 14.5. The van der Waals surface area contributed by atoms with Gasteiger partial charge in [-0.25, -0.2) is 8.42 Å². The summed E-state index contributed by atoms with van der Waals surface area (Å²) in [4.78, 5) is 14.0. The van der Waals surface area contributed by atoms with Crippen LogP contribution in [-0.4, -0.2) is 45.7 Å². The molecule has 6 nitrogen and oxygen atoms in total. The van der Waals surface area contributed by atoms with Gasteiger partial charge in [-0.1, -0.05) is 18.2 Å². The minimum atomic E-state index is -3.38. The number of aryl methyl sites for hydroxylation is 1. The van der Waals surface area contributed by atoms with E-state index >= 15 is 0 Å². The van der Waals surface area contributed by atoms with Gasteiger partial charge in [0.25, 0.3) is 5.91 Å². The van der Waals surface area contributed by atoms with Crippen LogP contribution in [-0.2, 0) is 10.0 Å². The monoisotopic (exact) mass is 362 g/mol. The van der Waals surface area contributed by atoms with Gasteiger partial charge >= 0.3 is 0 Å². The van der Waals surface area contributed by atoms with Crippen LogP contribution < -0.4 is 9.46 Å². The van der Waals surface area contributed by atoms with E-state index in [-0.39, 0.29) is 5.91 Å². The molecule has 1 N–H and O–H groups in total. The Balaban J connectivity index is 1.94. The summed E-state index contributed by atoms with van der Waals surface area (Å²) in [5.41, 5.74) is 1.88. The molecule has 0 saturated carbocycles. The van der Waals surface area contributed by atoms with Crippen LogP contribution >= 0.6 is 0 Å². The topological polar surface area (TPSA) is 75.7 Å². The Morgan fingerprint density at radius 1 is 1.16 bits per heavy atom. The molecule has 0 radical (unpaired) electrons. The van der Waals surface area contributed by atoms with Crippen molar-refractivity contribution in [1.82, 2.24) is 4.90 Å². The zero-order valence-corrected chi connectivity index (χ0v) is 15.3. The molecule has 2 aromatic rings. The molecule has 25 heavy (non-hydrogen) atoms. The summed E-state index contributed by atoms with van der Waals surface area (Å²) >= 11 is 0. The van der Waals surface area contributed by atoms with Gasteiger partial charge in [-0.2, -0.15) is 0 Å². The average molecular weight is 362 g/mol. The van der Waals surface area contributed by atoms with Gasteiger partial charge in [0.1, 0.15) is 12.4 Å². The van der Waals surface area contributed by atoms with Crippen LogP contribution in [0.3, 0.4) is 0 Å². The molecule has 2 rings (SSSR count). The Morgan fingerprint density at radius 2 is 1.88 bits per heavy atom. The SMILES string of the molecule is Cc1cccc(OCCN(C)C(=O)c2cccc(NS(C)(=O)=O)c2)c1. The second-order valence-electron chi connectivity index (χ2n) is 5.85. The van der Waals surface area contributed by atoms with Crippen molar-refractivity contribution in [2.75, 3.05) is 31.2 Å². The standard InChI is InChI=1S/C18H22N2O4S/c1-14-6-4-9-17(12-14)24-11-10-20(2)18(21)15-7-5-8-16(13-15)19-25(3,22)23/h4-9,12-13,19H,10-11H2,1-3H3. The van der Waals surface area contributed by atoms with E-state index in [2.05, 4.69) is 4.72 Å². The predicted octanol–water partition coefficient (Wildman–Crippen LogP) is 2.52. The molecule has 0 aliphatic carbocycles. The third-order valence-electron chi connectivity index (χ3n) is 3.44. The van der Waals surface area contributed by atoms with Crippen LogP contribution in [0.15, 0.2) is 48.5 Å². The largest absolute Gasteiger partial charge is 0.492 e. The molecular formula is C18H22N2O4S. The lowest BCUT2D eigenvalue weighted by molar-refractivity contribution is 0.0774. The molecular weight excluding hydrogens is 340 g/mol. The Kier molecular flexibility index (Phi) is 6.03. The number of likely N-dealkylation sites (N-methyl/N-ethyl adjacent to an activating group) is 1. The fourth-order valence-electron chi connectivity index (χ4n) is 2.26. The number of rotatable bonds is 7. The second kappa shape index (κ2) is 8.02. The molecule has 0 aliphatic rings. The van der Waals surface area contributed by atoms with Crippen molar-refractivity contribution in [3.05, 3.63) is 59.7 Å². The quantitative estimate of drug-likeness (QED) is 0.821. The van der Waals surface area contributed by atoms with Gasteiger partial charge in [-0.15, -0.1) is 0 Å². The first-order chi connectivity index (χ1) is 11.7. The first kappa shape index (κ1) is 18.8. The number of nitrogens with zero attached hydrogens (tertiary/aromatic N) is 1. The predicted molar refractivity (Wildman–Crippen MR) is 98.5 cm³/mol. The molecule has 0 saturated heterocycles. The Morgan fingerprint density at radius 3 is 2.56 bits per heavy atom. The highest BCUT2D eigenvalue weighted by Crippen LogP contribution is 2.14. The molecule has 1 amide bonds. The van der Waals surface area contributed by atoms with Crippen molar-refractivity contribution >= 4 is 21.6 Å². The van der Waals surface area contributed by atoms with Crippen molar-refractivity contribution in [1.29, 1.82) is 0 Å². The van der Waals surface area contributed by atoms with Gasteiger partial charge in [0, 0.05) is 18.3 Å². The molecule has 7 heteroatoms. The summed E-state index contributed by atoms with van der Waals surface area (Å²) in [6.45, 7) is 2.77. The van der Waals surface area contributed by atoms with E-state index in [1.807, 2.05) is 31.2 Å². The molecule has 2 aromatic carbocycles. The van der Waals surface area contributed by atoms with Crippen LogP contribution in [0.4, 0.5) is 5.69 Å². The lowest BCUT2D eigenvalue weighted by Crippen LogP contribution is -2.31. The third kappa shape index (κ3) is 6.11. The van der Waals surface area contributed by atoms with Crippen LogP contribution in [0.1, 0.15) is 15.9 Å². The van der Waals surface area contributed by atoms with Crippen LogP contribution in [0.2, 0.25) is 0 Å². The molecule has 0 heterocycles. The molecule has 0 fully saturated rings. The number of ether oxygens (including phenoxy) is 1. The van der Waals surface area contributed by atoms with Crippen molar-refractivity contribution in [3.8, 4) is 5.75 Å². The number of hydrogen-bond donors (Lipinski definition) is 1. The number of nitrogens with one attached hydrogen (secondary N) is 1. The van der Waals surface area contributed by atoms with Crippen molar-refractivity contribution < 1.29 is 17.9 Å². The molecule has 0 bridgehead atoms. The average Bonchev–Trinajstić information content (AvgIpc) is 2.53. The third-order valence-corrected chi connectivity index (χ3v) is 4.05. The van der Waals surface area contributed by atoms with Gasteiger partial charge < -0.3 is 9.64 Å². The van der Waals surface area contributed by atoms with Gasteiger partial charge in [0.05, 0.1) is 12.8 Å². The molecule has 134 valence electrons. The van der Waals surface area contributed by atoms with E-state index in [1.165, 1.54) is 11.0 Å². The van der Waals surface area contributed by atoms with E-state index in [1.54, 1.807) is 25.2 Å². The van der Waals surface area contributed by atoms with Crippen molar-refractivity contribution in [2.24, 2.45) is 0 Å². The molecule has 0 atom stereocenters. The number of sulfonamides is 1. The van der Waals surface area contributed by atoms with Gasteiger partial charge in [0.15, 0.2) is 0 Å². The van der Waals surface area contributed by atoms with Gasteiger partial charge in [-0.05, 0) is 42.8 Å². The zero-order chi connectivity index (χ0) is 18.4. The van der Waals surface area contributed by atoms with E-state index in [0.29, 0.717) is 24.4 Å². The normalized spacial score (nSPS) is 11.0. The van der Waals surface area contributed by atoms with Crippen molar-refractivity contribution in [3.63, 3.8) is 0 Å². The van der Waals surface area contributed by atoms with Gasteiger partial charge in [-0.3, -0.25) is 9.52 Å². The number of benzene rings is 2. The Bertz CT molecular complexity index is 850. The number of amides is 1. The second-order valence-corrected chi connectivity index (χ2v) is 7.60. The van der Waals surface area contributed by atoms with E-state index < -0.39 is 10.0 Å². The fourth-order valence-corrected chi connectivity index (χ4v) is 2.81. The summed E-state index contributed by atoms with van der Waals surface area (Å²) in [5, 5.41) is 0. The molecule has 0 spiro atoms. The summed E-state index contributed by atoms with van der Waals surface area (Å²) in [7, 11) is -1.70. The highest BCUT2D eigenvalue weighted by atomic mass is 32.2. The maximum absolute atomic E-state index is 12.5. The highest BCUT2D eigenvalue weighted by Gasteiger charge is 2.13. The lowest BCUT2D eigenvalue weighted by atomic mass is 10.2. The van der Waals surface area contributed by atoms with Crippen LogP contribution in [0.25, 0.3) is 0 Å². The minimum Gasteiger partial charge on any atom is -0.492 e. The summed E-state index contributed by atoms with van der Waals surface area (Å²) in [6, 6.07) is 14.1. The minimum absolute atomic E-state index is 0.204. The number of carbonyl (C=O) groups is 1. The van der Waals surface area contributed by atoms with Crippen LogP contribution in [0, 0.1) is 6.92 Å². The summed E-state index contributed by atoms with van der Waals surface area (Å²) < 4.78 is 30.6.